The first-order chi connectivity index (χ1) is 11.8. The second kappa shape index (κ2) is 6.84. The Kier molecular flexibility index (Phi) is 4.42. The number of hydrogen-bond donors (Lipinski definition) is 0. The van der Waals surface area contributed by atoms with Gasteiger partial charge < -0.3 is 9.15 Å². The van der Waals surface area contributed by atoms with Gasteiger partial charge in [-0.2, -0.15) is 0 Å². The molecule has 0 bridgehead atoms. The third-order valence-corrected chi connectivity index (χ3v) is 5.20. The zero-order valence-electron chi connectivity index (χ0n) is 13.5. The summed E-state index contributed by atoms with van der Waals surface area (Å²) < 4.78 is 11.8. The molecule has 2 aromatic heterocycles. The van der Waals surface area contributed by atoms with Crippen molar-refractivity contribution in [1.82, 2.24) is 15.1 Å². The molecule has 0 saturated carbocycles. The molecule has 5 nitrogen and oxygen atoms in total. The van der Waals surface area contributed by atoms with E-state index < -0.39 is 0 Å². The summed E-state index contributed by atoms with van der Waals surface area (Å²) in [5.41, 5.74) is 1.21. The summed E-state index contributed by atoms with van der Waals surface area (Å²) in [6.45, 7) is 4.50. The molecule has 0 aliphatic carbocycles. The van der Waals surface area contributed by atoms with Crippen molar-refractivity contribution in [2.24, 2.45) is 0 Å². The number of ether oxygens (including phenoxy) is 1. The van der Waals surface area contributed by atoms with Gasteiger partial charge in [0.2, 0.25) is 5.89 Å². The van der Waals surface area contributed by atoms with Gasteiger partial charge in [-0.25, -0.2) is 0 Å². The minimum atomic E-state index is 0.0707. The monoisotopic (exact) mass is 341 g/mol. The molecule has 1 aliphatic rings. The van der Waals surface area contributed by atoms with Crippen molar-refractivity contribution < 1.29 is 9.15 Å². The van der Waals surface area contributed by atoms with Crippen molar-refractivity contribution in [3.05, 3.63) is 59.3 Å². The minimum absolute atomic E-state index is 0.0707. The molecule has 0 amide bonds. The first-order valence-electron chi connectivity index (χ1n) is 8.09. The van der Waals surface area contributed by atoms with Crippen LogP contribution < -0.4 is 0 Å². The van der Waals surface area contributed by atoms with E-state index in [2.05, 4.69) is 34.2 Å². The van der Waals surface area contributed by atoms with E-state index in [1.54, 1.807) is 11.3 Å². The van der Waals surface area contributed by atoms with E-state index in [0.717, 1.165) is 18.0 Å². The summed E-state index contributed by atoms with van der Waals surface area (Å²) in [6.07, 6.45) is 0.0853. The zero-order valence-corrected chi connectivity index (χ0v) is 14.3. The van der Waals surface area contributed by atoms with E-state index in [9.17, 15) is 0 Å². The smallest absolute Gasteiger partial charge is 0.257 e. The third-order valence-electron chi connectivity index (χ3n) is 4.35. The van der Waals surface area contributed by atoms with Crippen molar-refractivity contribution in [2.75, 3.05) is 19.7 Å². The van der Waals surface area contributed by atoms with Gasteiger partial charge in [0.15, 0.2) is 0 Å². The summed E-state index contributed by atoms with van der Waals surface area (Å²) in [5, 5.41) is 10.4. The van der Waals surface area contributed by atoms with Gasteiger partial charge in [0.05, 0.1) is 23.6 Å². The highest BCUT2D eigenvalue weighted by Gasteiger charge is 2.28. The van der Waals surface area contributed by atoms with E-state index in [4.69, 9.17) is 9.15 Å². The second-order valence-electron chi connectivity index (χ2n) is 5.86. The molecule has 6 heteroatoms. The Bertz CT molecular complexity index is 773. The average Bonchev–Trinajstić information content (AvgIpc) is 3.33. The molecule has 0 unspecified atom stereocenters. The van der Waals surface area contributed by atoms with Gasteiger partial charge in [0.25, 0.3) is 5.89 Å². The summed E-state index contributed by atoms with van der Waals surface area (Å²) in [7, 11) is 0. The van der Waals surface area contributed by atoms with Crippen molar-refractivity contribution in [2.45, 2.75) is 19.1 Å². The lowest BCUT2D eigenvalue weighted by Crippen LogP contribution is -2.40. The normalized spacial score (nSPS) is 20.1. The van der Waals surface area contributed by atoms with Crippen LogP contribution in [0.25, 0.3) is 10.8 Å². The van der Waals surface area contributed by atoms with Gasteiger partial charge in [0.1, 0.15) is 0 Å². The topological polar surface area (TPSA) is 51.4 Å². The van der Waals surface area contributed by atoms with Crippen LogP contribution in [-0.4, -0.2) is 34.8 Å². The van der Waals surface area contributed by atoms with Gasteiger partial charge in [-0.15, -0.1) is 21.5 Å². The number of nitrogens with zero attached hydrogens (tertiary/aromatic N) is 3. The first kappa shape index (κ1) is 15.5. The van der Waals surface area contributed by atoms with Crippen LogP contribution in [0, 0.1) is 0 Å². The Morgan fingerprint density at radius 1 is 1.17 bits per heavy atom. The number of benzene rings is 1. The van der Waals surface area contributed by atoms with Crippen molar-refractivity contribution >= 4 is 11.3 Å². The fourth-order valence-electron chi connectivity index (χ4n) is 2.95. The number of thiophene rings is 1. The first-order valence-corrected chi connectivity index (χ1v) is 8.97. The summed E-state index contributed by atoms with van der Waals surface area (Å²) >= 11 is 1.60. The van der Waals surface area contributed by atoms with Crippen LogP contribution in [-0.2, 0) is 4.74 Å². The molecule has 1 aliphatic heterocycles. The fourth-order valence-corrected chi connectivity index (χ4v) is 3.59. The number of aromatic nitrogens is 2. The Morgan fingerprint density at radius 2 is 2.04 bits per heavy atom. The molecule has 124 valence electrons. The Morgan fingerprint density at radius 3 is 2.83 bits per heavy atom. The molecular formula is C18H19N3O2S. The molecular weight excluding hydrogens is 322 g/mol. The van der Waals surface area contributed by atoms with E-state index >= 15 is 0 Å². The van der Waals surface area contributed by atoms with Crippen LogP contribution in [0.4, 0.5) is 0 Å². The predicted molar refractivity (Wildman–Crippen MR) is 92.7 cm³/mol. The highest BCUT2D eigenvalue weighted by atomic mass is 32.1. The van der Waals surface area contributed by atoms with Crippen LogP contribution >= 0.6 is 11.3 Å². The Balaban J connectivity index is 1.49. The largest absolute Gasteiger partial charge is 0.418 e. The predicted octanol–water partition coefficient (Wildman–Crippen LogP) is 3.93. The van der Waals surface area contributed by atoms with Gasteiger partial charge in [-0.1, -0.05) is 36.4 Å². The molecule has 4 rings (SSSR count). The highest BCUT2D eigenvalue weighted by Crippen LogP contribution is 2.30. The summed E-state index contributed by atoms with van der Waals surface area (Å²) in [5.74, 6) is 1.26. The molecule has 24 heavy (non-hydrogen) atoms. The van der Waals surface area contributed by atoms with Crippen LogP contribution in [0.5, 0.6) is 0 Å². The van der Waals surface area contributed by atoms with Crippen molar-refractivity contribution in [3.8, 4) is 10.8 Å². The zero-order chi connectivity index (χ0) is 16.4. The lowest BCUT2D eigenvalue weighted by atomic mass is 10.1. The number of hydrogen-bond acceptors (Lipinski definition) is 6. The van der Waals surface area contributed by atoms with E-state index in [1.807, 2.05) is 35.7 Å². The standard InChI is InChI=1S/C18H19N3O2S/c1-13(17-19-20-18(23-17)16-8-5-11-24-16)21-9-10-22-15(12-21)14-6-3-2-4-7-14/h2-8,11,13,15H,9-10,12H2,1H3/t13-,15+/m1/s1. The van der Waals surface area contributed by atoms with Crippen molar-refractivity contribution in [1.29, 1.82) is 0 Å². The maximum Gasteiger partial charge on any atom is 0.257 e. The third kappa shape index (κ3) is 3.13. The fraction of sp³-hybridized carbons (Fsp3) is 0.333. The van der Waals surface area contributed by atoms with Crippen LogP contribution in [0.15, 0.2) is 52.3 Å². The molecule has 2 atom stereocenters. The lowest BCUT2D eigenvalue weighted by molar-refractivity contribution is -0.0463. The van der Waals surface area contributed by atoms with Crippen LogP contribution in [0.3, 0.4) is 0 Å². The molecule has 1 saturated heterocycles. The second-order valence-corrected chi connectivity index (χ2v) is 6.81. The van der Waals surface area contributed by atoms with E-state index in [1.165, 1.54) is 5.56 Å². The molecule has 1 fully saturated rings. The molecule has 3 heterocycles. The Labute approximate surface area is 144 Å². The van der Waals surface area contributed by atoms with Gasteiger partial charge in [0, 0.05) is 13.1 Å². The molecule has 3 aromatic rings. The van der Waals surface area contributed by atoms with Crippen LogP contribution in [0.1, 0.15) is 30.5 Å². The quantitative estimate of drug-likeness (QED) is 0.719. The molecule has 0 radical (unpaired) electrons. The summed E-state index contributed by atoms with van der Waals surface area (Å²) in [4.78, 5) is 3.34. The van der Waals surface area contributed by atoms with Crippen molar-refractivity contribution in [3.63, 3.8) is 0 Å². The highest BCUT2D eigenvalue weighted by molar-refractivity contribution is 7.13. The van der Waals surface area contributed by atoms with E-state index in [-0.39, 0.29) is 12.1 Å². The van der Waals surface area contributed by atoms with Gasteiger partial charge in [-0.3, -0.25) is 4.90 Å². The molecule has 1 aromatic carbocycles. The van der Waals surface area contributed by atoms with E-state index in [0.29, 0.717) is 18.4 Å². The van der Waals surface area contributed by atoms with Gasteiger partial charge >= 0.3 is 0 Å². The number of morpholine rings is 1. The molecule has 0 N–H and O–H groups in total. The SMILES string of the molecule is C[C@H](c1nnc(-c2cccs2)o1)N1CCO[C@H](c2ccccc2)C1. The number of rotatable bonds is 4. The average molecular weight is 341 g/mol. The maximum absolute atomic E-state index is 5.94. The lowest BCUT2D eigenvalue weighted by Gasteiger charge is -2.35. The molecule has 0 spiro atoms. The Hall–Kier alpha value is -2.02. The maximum atomic E-state index is 5.94. The van der Waals surface area contributed by atoms with Crippen LogP contribution in [0.2, 0.25) is 0 Å². The summed E-state index contributed by atoms with van der Waals surface area (Å²) in [6, 6.07) is 14.4. The van der Waals surface area contributed by atoms with Gasteiger partial charge in [-0.05, 0) is 23.9 Å². The minimum Gasteiger partial charge on any atom is -0.418 e.